The number of carbonyl (C=O) groups excluding carboxylic acids is 2. The van der Waals surface area contributed by atoms with Crippen molar-refractivity contribution >= 4 is 17.8 Å². The molecule has 1 aromatic rings. The van der Waals surface area contributed by atoms with E-state index in [0.717, 1.165) is 12.2 Å². The molecule has 2 heterocycles. The molecule has 3 amide bonds. The van der Waals surface area contributed by atoms with Crippen LogP contribution in [0.1, 0.15) is 53.7 Å². The first-order valence-electron chi connectivity index (χ1n) is 8.81. The number of hydrogen-bond donors (Lipinski definition) is 1. The summed E-state index contributed by atoms with van der Waals surface area (Å²) >= 11 is 0. The number of nitrogens with zero attached hydrogens (tertiary/aromatic N) is 3. The number of aromatic nitrogens is 1. The molecule has 0 saturated carbocycles. The van der Waals surface area contributed by atoms with Crippen molar-refractivity contribution in [1.82, 2.24) is 15.0 Å². The first kappa shape index (κ1) is 19.3. The van der Waals surface area contributed by atoms with Gasteiger partial charge in [0, 0.05) is 43.1 Å². The van der Waals surface area contributed by atoms with E-state index in [1.165, 1.54) is 0 Å². The summed E-state index contributed by atoms with van der Waals surface area (Å²) < 4.78 is 5.29. The van der Waals surface area contributed by atoms with E-state index < -0.39 is 5.41 Å². The maximum atomic E-state index is 12.5. The molecule has 0 atom stereocenters. The number of anilines is 1. The fourth-order valence-electron chi connectivity index (χ4n) is 2.67. The second-order valence-electron chi connectivity index (χ2n) is 8.64. The molecule has 1 fully saturated rings. The molecule has 25 heavy (non-hydrogen) atoms. The van der Waals surface area contributed by atoms with E-state index in [1.807, 2.05) is 46.4 Å². The van der Waals surface area contributed by atoms with E-state index in [-0.39, 0.29) is 17.4 Å². The van der Waals surface area contributed by atoms with Crippen LogP contribution in [0.15, 0.2) is 10.6 Å². The van der Waals surface area contributed by atoms with E-state index in [9.17, 15) is 9.59 Å². The molecule has 140 valence electrons. The zero-order valence-corrected chi connectivity index (χ0v) is 16.2. The Bertz CT molecular complexity index is 625. The highest BCUT2D eigenvalue weighted by atomic mass is 16.5. The predicted molar refractivity (Wildman–Crippen MR) is 96.4 cm³/mol. The van der Waals surface area contributed by atoms with Crippen LogP contribution in [0.2, 0.25) is 0 Å². The Morgan fingerprint density at radius 2 is 1.64 bits per heavy atom. The molecule has 2 rings (SSSR count). The van der Waals surface area contributed by atoms with Crippen LogP contribution < -0.4 is 5.32 Å². The number of nitrogens with one attached hydrogen (secondary N) is 1. The molecule has 1 N–H and O–H groups in total. The van der Waals surface area contributed by atoms with Crippen LogP contribution in [0, 0.1) is 5.41 Å². The summed E-state index contributed by atoms with van der Waals surface area (Å²) in [6.07, 6.45) is 0.765. The van der Waals surface area contributed by atoms with Crippen LogP contribution in [0.25, 0.3) is 0 Å². The van der Waals surface area contributed by atoms with Crippen molar-refractivity contribution in [3.8, 4) is 0 Å². The minimum Gasteiger partial charge on any atom is -0.359 e. The molecule has 0 radical (unpaired) electrons. The normalized spacial score (nSPS) is 16.6. The van der Waals surface area contributed by atoms with Crippen molar-refractivity contribution in [2.75, 3.05) is 31.5 Å². The van der Waals surface area contributed by atoms with Gasteiger partial charge in [0.1, 0.15) is 5.76 Å². The maximum Gasteiger partial charge on any atom is 0.323 e. The van der Waals surface area contributed by atoms with Crippen molar-refractivity contribution in [2.24, 2.45) is 5.41 Å². The van der Waals surface area contributed by atoms with Crippen molar-refractivity contribution < 1.29 is 14.1 Å². The number of hydrogen-bond acceptors (Lipinski definition) is 4. The van der Waals surface area contributed by atoms with Crippen molar-refractivity contribution in [3.63, 3.8) is 0 Å². The lowest BCUT2D eigenvalue weighted by molar-refractivity contribution is -0.139. The maximum absolute atomic E-state index is 12.5. The smallest absolute Gasteiger partial charge is 0.323 e. The summed E-state index contributed by atoms with van der Waals surface area (Å²) in [6.45, 7) is 14.2. The first-order chi connectivity index (χ1) is 11.5. The number of carbonyl (C=O) groups is 2. The minimum atomic E-state index is -0.401. The lowest BCUT2D eigenvalue weighted by atomic mass is 9.93. The van der Waals surface area contributed by atoms with Crippen molar-refractivity contribution in [1.29, 1.82) is 0 Å². The molecule has 0 bridgehead atoms. The van der Waals surface area contributed by atoms with Gasteiger partial charge in [0.25, 0.3) is 0 Å². The number of urea groups is 1. The van der Waals surface area contributed by atoms with Crippen LogP contribution in [0.5, 0.6) is 0 Å². The number of amides is 3. The standard InChI is InChI=1S/C18H30N4O3/c1-17(2,3)13-12-14(20-25-13)19-16(24)22-9-7-8-21(10-11-22)15(23)18(4,5)6/h12H,7-11H2,1-6H3,(H,19,20,24). The summed E-state index contributed by atoms with van der Waals surface area (Å²) in [4.78, 5) is 28.5. The highest BCUT2D eigenvalue weighted by Gasteiger charge is 2.29. The van der Waals surface area contributed by atoms with E-state index in [2.05, 4.69) is 10.5 Å². The fraction of sp³-hybridized carbons (Fsp3) is 0.722. The minimum absolute atomic E-state index is 0.126. The van der Waals surface area contributed by atoms with Crippen molar-refractivity contribution in [2.45, 2.75) is 53.4 Å². The second kappa shape index (κ2) is 7.06. The lowest BCUT2D eigenvalue weighted by Crippen LogP contribution is -2.42. The largest absolute Gasteiger partial charge is 0.359 e. The van der Waals surface area contributed by atoms with Gasteiger partial charge in [-0.05, 0) is 6.42 Å². The SMILES string of the molecule is CC(C)(C)C(=O)N1CCCN(C(=O)Nc2cc(C(C)(C)C)on2)CC1. The molecular formula is C18H30N4O3. The molecule has 0 unspecified atom stereocenters. The van der Waals surface area contributed by atoms with Gasteiger partial charge in [-0.15, -0.1) is 0 Å². The Balaban J connectivity index is 1.95. The van der Waals surface area contributed by atoms with Gasteiger partial charge in [0.15, 0.2) is 5.82 Å². The van der Waals surface area contributed by atoms with Gasteiger partial charge < -0.3 is 14.3 Å². The van der Waals surface area contributed by atoms with Crippen LogP contribution in [-0.4, -0.2) is 53.1 Å². The van der Waals surface area contributed by atoms with Crippen LogP contribution in [0.4, 0.5) is 10.6 Å². The predicted octanol–water partition coefficient (Wildman–Crippen LogP) is 3.08. The molecule has 1 aliphatic heterocycles. The van der Waals surface area contributed by atoms with Gasteiger partial charge in [0.05, 0.1) is 0 Å². The topological polar surface area (TPSA) is 78.7 Å². The summed E-state index contributed by atoms with van der Waals surface area (Å²) in [7, 11) is 0. The van der Waals surface area contributed by atoms with E-state index >= 15 is 0 Å². The van der Waals surface area contributed by atoms with Crippen LogP contribution in [-0.2, 0) is 10.2 Å². The third kappa shape index (κ3) is 4.96. The van der Waals surface area contributed by atoms with E-state index in [4.69, 9.17) is 4.52 Å². The van der Waals surface area contributed by atoms with E-state index in [0.29, 0.717) is 32.0 Å². The Morgan fingerprint density at radius 3 is 2.20 bits per heavy atom. The Kier molecular flexibility index (Phi) is 5.44. The molecule has 1 aromatic heterocycles. The highest BCUT2D eigenvalue weighted by Crippen LogP contribution is 2.24. The highest BCUT2D eigenvalue weighted by molar-refractivity contribution is 5.88. The monoisotopic (exact) mass is 350 g/mol. The van der Waals surface area contributed by atoms with Gasteiger partial charge in [-0.1, -0.05) is 46.7 Å². The third-order valence-electron chi connectivity index (χ3n) is 4.20. The summed E-state index contributed by atoms with van der Waals surface area (Å²) in [5.41, 5.74) is -0.562. The zero-order chi connectivity index (χ0) is 18.8. The summed E-state index contributed by atoms with van der Waals surface area (Å²) in [5.74, 6) is 1.27. The molecule has 1 aliphatic rings. The fourth-order valence-corrected chi connectivity index (χ4v) is 2.67. The Morgan fingerprint density at radius 1 is 1.04 bits per heavy atom. The zero-order valence-electron chi connectivity index (χ0n) is 16.2. The van der Waals surface area contributed by atoms with Crippen LogP contribution >= 0.6 is 0 Å². The lowest BCUT2D eigenvalue weighted by Gasteiger charge is -2.28. The third-order valence-corrected chi connectivity index (χ3v) is 4.20. The average molecular weight is 350 g/mol. The molecule has 7 nitrogen and oxygen atoms in total. The molecule has 1 saturated heterocycles. The molecule has 7 heteroatoms. The molecule has 0 aliphatic carbocycles. The van der Waals surface area contributed by atoms with Gasteiger partial charge in [-0.3, -0.25) is 10.1 Å². The molecule has 0 spiro atoms. The van der Waals surface area contributed by atoms with Gasteiger partial charge >= 0.3 is 6.03 Å². The Labute approximate surface area is 149 Å². The number of rotatable bonds is 1. The average Bonchev–Trinajstić information content (AvgIpc) is 2.81. The van der Waals surface area contributed by atoms with Gasteiger partial charge in [-0.2, -0.15) is 0 Å². The Hall–Kier alpha value is -2.05. The van der Waals surface area contributed by atoms with Crippen LogP contribution in [0.3, 0.4) is 0 Å². The first-order valence-corrected chi connectivity index (χ1v) is 8.81. The van der Waals surface area contributed by atoms with E-state index in [1.54, 1.807) is 11.0 Å². The molecular weight excluding hydrogens is 320 g/mol. The van der Waals surface area contributed by atoms with Crippen molar-refractivity contribution in [3.05, 3.63) is 11.8 Å². The summed E-state index contributed by atoms with van der Waals surface area (Å²) in [6, 6.07) is 1.55. The molecule has 0 aromatic carbocycles. The quantitative estimate of drug-likeness (QED) is 0.844. The summed E-state index contributed by atoms with van der Waals surface area (Å²) in [5, 5.41) is 6.70. The second-order valence-corrected chi connectivity index (χ2v) is 8.64. The van der Waals surface area contributed by atoms with Gasteiger partial charge in [0.2, 0.25) is 5.91 Å². The van der Waals surface area contributed by atoms with Gasteiger partial charge in [-0.25, -0.2) is 4.79 Å².